The van der Waals surface area contributed by atoms with E-state index in [0.717, 1.165) is 31.2 Å². The van der Waals surface area contributed by atoms with E-state index in [1.807, 2.05) is 4.90 Å². The first-order chi connectivity index (χ1) is 10.4. The maximum atomic E-state index is 12.9. The molecule has 3 rings (SSSR count). The van der Waals surface area contributed by atoms with Crippen molar-refractivity contribution in [2.24, 2.45) is 17.3 Å². The molecule has 2 heterocycles. The van der Waals surface area contributed by atoms with Crippen molar-refractivity contribution in [3.8, 4) is 0 Å². The second kappa shape index (κ2) is 5.21. The van der Waals surface area contributed by atoms with E-state index in [9.17, 15) is 4.79 Å². The molecule has 120 valence electrons. The second-order valence-electron chi connectivity index (χ2n) is 7.37. The van der Waals surface area contributed by atoms with Crippen LogP contribution >= 0.6 is 0 Å². The molecule has 1 aliphatic carbocycles. The van der Waals surface area contributed by atoms with E-state index in [4.69, 9.17) is 0 Å². The molecule has 5 heteroatoms. The van der Waals surface area contributed by atoms with Crippen LogP contribution in [0.1, 0.15) is 46.3 Å². The third kappa shape index (κ3) is 2.36. The standard InChI is InChI=1S/C17H26N4O/c1-6-13-18-19-14-10-20(7-8-21(13)14)16(22)15-12(9-11(2)3)17(15,4)5/h9,12,15H,6-8,10H2,1-5H3/t12-,15+/m0/s1. The van der Waals surface area contributed by atoms with Crippen molar-refractivity contribution in [2.75, 3.05) is 6.54 Å². The van der Waals surface area contributed by atoms with E-state index in [0.29, 0.717) is 12.5 Å². The van der Waals surface area contributed by atoms with Crippen LogP contribution in [-0.2, 0) is 24.3 Å². The van der Waals surface area contributed by atoms with Crippen LogP contribution < -0.4 is 0 Å². The number of allylic oxidation sites excluding steroid dienone is 2. The SMILES string of the molecule is CCc1nnc2n1CCN(C(=O)[C@H]1[C@H](C=C(C)C)C1(C)C)C2. The Morgan fingerprint density at radius 2 is 2.05 bits per heavy atom. The maximum Gasteiger partial charge on any atom is 0.227 e. The van der Waals surface area contributed by atoms with Gasteiger partial charge in [0.05, 0.1) is 12.5 Å². The summed E-state index contributed by atoms with van der Waals surface area (Å²) in [6.07, 6.45) is 3.14. The van der Waals surface area contributed by atoms with Crippen LogP contribution in [-0.4, -0.2) is 32.1 Å². The monoisotopic (exact) mass is 302 g/mol. The number of aromatic nitrogens is 3. The van der Waals surface area contributed by atoms with Gasteiger partial charge in [-0.25, -0.2) is 0 Å². The first kappa shape index (κ1) is 15.3. The Morgan fingerprint density at radius 1 is 1.32 bits per heavy atom. The minimum absolute atomic E-state index is 0.0774. The van der Waals surface area contributed by atoms with Gasteiger partial charge in [0.1, 0.15) is 5.82 Å². The van der Waals surface area contributed by atoms with Crippen molar-refractivity contribution < 1.29 is 4.79 Å². The summed E-state index contributed by atoms with van der Waals surface area (Å²) in [7, 11) is 0. The molecule has 2 atom stereocenters. The Kier molecular flexibility index (Phi) is 3.62. The second-order valence-corrected chi connectivity index (χ2v) is 7.37. The van der Waals surface area contributed by atoms with Crippen LogP contribution in [0, 0.1) is 17.3 Å². The Balaban J connectivity index is 1.74. The lowest BCUT2D eigenvalue weighted by Gasteiger charge is -2.28. The lowest BCUT2D eigenvalue weighted by molar-refractivity contribution is -0.135. The average Bonchev–Trinajstić information content (AvgIpc) is 2.84. The van der Waals surface area contributed by atoms with E-state index in [-0.39, 0.29) is 17.2 Å². The fourth-order valence-electron chi connectivity index (χ4n) is 3.68. The number of nitrogens with zero attached hydrogens (tertiary/aromatic N) is 4. The summed E-state index contributed by atoms with van der Waals surface area (Å²) in [6, 6.07) is 0. The van der Waals surface area contributed by atoms with Gasteiger partial charge in [0.2, 0.25) is 5.91 Å². The molecule has 1 fully saturated rings. The molecule has 0 unspecified atom stereocenters. The van der Waals surface area contributed by atoms with E-state index in [1.165, 1.54) is 5.57 Å². The predicted octanol–water partition coefficient (Wildman–Crippen LogP) is 2.42. The Hall–Kier alpha value is -1.65. The summed E-state index contributed by atoms with van der Waals surface area (Å²) in [5.74, 6) is 2.71. The van der Waals surface area contributed by atoms with E-state index >= 15 is 0 Å². The van der Waals surface area contributed by atoms with Gasteiger partial charge in [-0.3, -0.25) is 4.79 Å². The van der Waals surface area contributed by atoms with Crippen molar-refractivity contribution in [2.45, 2.75) is 54.1 Å². The van der Waals surface area contributed by atoms with Crippen LogP contribution in [0.2, 0.25) is 0 Å². The molecule has 1 aromatic heterocycles. The topological polar surface area (TPSA) is 51.0 Å². The number of hydrogen-bond donors (Lipinski definition) is 0. The molecule has 0 aromatic carbocycles. The number of fused-ring (bicyclic) bond motifs is 1. The zero-order valence-electron chi connectivity index (χ0n) is 14.3. The molecular weight excluding hydrogens is 276 g/mol. The fourth-order valence-corrected chi connectivity index (χ4v) is 3.68. The lowest BCUT2D eigenvalue weighted by atomic mass is 10.1. The van der Waals surface area contributed by atoms with Gasteiger partial charge < -0.3 is 9.47 Å². The van der Waals surface area contributed by atoms with E-state index < -0.39 is 0 Å². The molecule has 5 nitrogen and oxygen atoms in total. The highest BCUT2D eigenvalue weighted by Crippen LogP contribution is 2.60. The molecule has 2 aliphatic rings. The van der Waals surface area contributed by atoms with Crippen molar-refractivity contribution in [1.29, 1.82) is 0 Å². The van der Waals surface area contributed by atoms with Gasteiger partial charge in [0.25, 0.3) is 0 Å². The molecule has 0 N–H and O–H groups in total. The lowest BCUT2D eigenvalue weighted by Crippen LogP contribution is -2.40. The van der Waals surface area contributed by atoms with Crippen LogP contribution in [0.25, 0.3) is 0 Å². The molecule has 0 saturated heterocycles. The van der Waals surface area contributed by atoms with Crippen molar-refractivity contribution in [1.82, 2.24) is 19.7 Å². The summed E-state index contributed by atoms with van der Waals surface area (Å²) >= 11 is 0. The molecular formula is C17H26N4O. The number of carbonyl (C=O) groups is 1. The Labute approximate surface area is 132 Å². The Bertz CT molecular complexity index is 625. The maximum absolute atomic E-state index is 12.9. The molecule has 0 spiro atoms. The summed E-state index contributed by atoms with van der Waals surface area (Å²) in [5.41, 5.74) is 1.37. The third-order valence-electron chi connectivity index (χ3n) is 5.15. The predicted molar refractivity (Wildman–Crippen MR) is 85.0 cm³/mol. The van der Waals surface area contributed by atoms with Crippen LogP contribution in [0.5, 0.6) is 0 Å². The summed E-state index contributed by atoms with van der Waals surface area (Å²) in [4.78, 5) is 14.9. The molecule has 1 aliphatic heterocycles. The van der Waals surface area contributed by atoms with Crippen LogP contribution in [0.3, 0.4) is 0 Å². The minimum atomic E-state index is 0.0774. The third-order valence-corrected chi connectivity index (χ3v) is 5.15. The number of rotatable bonds is 3. The quantitative estimate of drug-likeness (QED) is 0.806. The molecule has 22 heavy (non-hydrogen) atoms. The zero-order valence-corrected chi connectivity index (χ0v) is 14.3. The average molecular weight is 302 g/mol. The number of aryl methyl sites for hydroxylation is 1. The van der Waals surface area contributed by atoms with Crippen molar-refractivity contribution in [3.05, 3.63) is 23.3 Å². The van der Waals surface area contributed by atoms with Crippen LogP contribution in [0.15, 0.2) is 11.6 Å². The van der Waals surface area contributed by atoms with E-state index in [2.05, 4.69) is 55.5 Å². The molecule has 1 saturated carbocycles. The molecule has 0 bridgehead atoms. The van der Waals surface area contributed by atoms with Crippen molar-refractivity contribution in [3.63, 3.8) is 0 Å². The van der Waals surface area contributed by atoms with Crippen LogP contribution in [0.4, 0.5) is 0 Å². The number of hydrogen-bond acceptors (Lipinski definition) is 3. The van der Waals surface area contributed by atoms with Gasteiger partial charge in [-0.15, -0.1) is 10.2 Å². The van der Waals surface area contributed by atoms with Gasteiger partial charge in [0.15, 0.2) is 5.82 Å². The smallest absolute Gasteiger partial charge is 0.227 e. The first-order valence-electron chi connectivity index (χ1n) is 8.21. The first-order valence-corrected chi connectivity index (χ1v) is 8.21. The summed E-state index contributed by atoms with van der Waals surface area (Å²) in [5, 5.41) is 8.47. The van der Waals surface area contributed by atoms with Gasteiger partial charge in [-0.05, 0) is 25.2 Å². The van der Waals surface area contributed by atoms with Crippen molar-refractivity contribution >= 4 is 5.91 Å². The number of carbonyl (C=O) groups excluding carboxylic acids is 1. The van der Waals surface area contributed by atoms with Gasteiger partial charge in [-0.2, -0.15) is 0 Å². The molecule has 1 amide bonds. The molecule has 0 radical (unpaired) electrons. The molecule has 1 aromatic rings. The highest BCUT2D eigenvalue weighted by Gasteiger charge is 2.61. The van der Waals surface area contributed by atoms with Gasteiger partial charge in [0, 0.05) is 19.5 Å². The van der Waals surface area contributed by atoms with Gasteiger partial charge >= 0.3 is 0 Å². The minimum Gasteiger partial charge on any atom is -0.333 e. The fraction of sp³-hybridized carbons (Fsp3) is 0.706. The highest BCUT2D eigenvalue weighted by atomic mass is 16.2. The normalized spacial score (nSPS) is 25.6. The number of amides is 1. The Morgan fingerprint density at radius 3 is 2.68 bits per heavy atom. The summed E-state index contributed by atoms with van der Waals surface area (Å²) < 4.78 is 2.16. The van der Waals surface area contributed by atoms with Gasteiger partial charge in [-0.1, -0.05) is 32.4 Å². The van der Waals surface area contributed by atoms with E-state index in [1.54, 1.807) is 0 Å². The largest absolute Gasteiger partial charge is 0.333 e. The highest BCUT2D eigenvalue weighted by molar-refractivity contribution is 5.83. The zero-order chi connectivity index (χ0) is 16.1. The summed E-state index contributed by atoms with van der Waals surface area (Å²) in [6.45, 7) is 12.9.